The molecule has 0 aliphatic heterocycles. The highest BCUT2D eigenvalue weighted by Gasteiger charge is 2.38. The number of benzene rings is 1. The van der Waals surface area contributed by atoms with E-state index in [1.54, 1.807) is 7.11 Å². The summed E-state index contributed by atoms with van der Waals surface area (Å²) in [6.07, 6.45) is 3.99. The molecular weight excluding hydrogens is 222 g/mol. The fraction of sp³-hybridized carbons (Fsp3) is 0.538. The minimum absolute atomic E-state index is 0.0109. The van der Waals surface area contributed by atoms with Crippen molar-refractivity contribution >= 4 is 11.6 Å². The summed E-state index contributed by atoms with van der Waals surface area (Å²) in [4.78, 5) is 0. The Balaban J connectivity index is 2.37. The Morgan fingerprint density at radius 3 is 2.50 bits per heavy atom. The summed E-state index contributed by atoms with van der Waals surface area (Å²) in [5.41, 5.74) is 8.44. The van der Waals surface area contributed by atoms with Crippen LogP contribution in [0.4, 0.5) is 0 Å². The molecule has 0 aromatic heterocycles. The lowest BCUT2D eigenvalue weighted by molar-refractivity contribution is 0.402. The first kappa shape index (κ1) is 11.7. The molecule has 0 bridgehead atoms. The van der Waals surface area contributed by atoms with Gasteiger partial charge in [0.05, 0.1) is 7.11 Å². The Hall–Kier alpha value is -0.730. The van der Waals surface area contributed by atoms with Crippen molar-refractivity contribution in [2.45, 2.75) is 38.1 Å². The van der Waals surface area contributed by atoms with Crippen LogP contribution < -0.4 is 10.5 Å². The standard InChI is InChI=1S/C13H18ClNO/c1-3-9-6-11(14)7-10(12(9)16-2)8-13(15)4-5-13/h6-7H,3-5,8,15H2,1-2H3. The van der Waals surface area contributed by atoms with Crippen molar-refractivity contribution in [2.75, 3.05) is 7.11 Å². The molecule has 1 aliphatic carbocycles. The van der Waals surface area contributed by atoms with Gasteiger partial charge in [-0.25, -0.2) is 0 Å². The van der Waals surface area contributed by atoms with Gasteiger partial charge < -0.3 is 10.5 Å². The SMILES string of the molecule is CCc1cc(Cl)cc(CC2(N)CC2)c1OC. The molecule has 0 amide bonds. The van der Waals surface area contributed by atoms with Gasteiger partial charge in [0.15, 0.2) is 0 Å². The number of hydrogen-bond acceptors (Lipinski definition) is 2. The minimum Gasteiger partial charge on any atom is -0.496 e. The smallest absolute Gasteiger partial charge is 0.125 e. The average Bonchev–Trinajstić information content (AvgIpc) is 2.95. The Morgan fingerprint density at radius 2 is 2.00 bits per heavy atom. The highest BCUT2D eigenvalue weighted by atomic mass is 35.5. The van der Waals surface area contributed by atoms with Gasteiger partial charge in [0, 0.05) is 10.6 Å². The van der Waals surface area contributed by atoms with Gasteiger partial charge in [0.2, 0.25) is 0 Å². The largest absolute Gasteiger partial charge is 0.496 e. The van der Waals surface area contributed by atoms with Crippen molar-refractivity contribution in [3.63, 3.8) is 0 Å². The quantitative estimate of drug-likeness (QED) is 0.877. The van der Waals surface area contributed by atoms with Crippen LogP contribution in [0, 0.1) is 0 Å². The van der Waals surface area contributed by atoms with Crippen molar-refractivity contribution < 1.29 is 4.74 Å². The van der Waals surface area contributed by atoms with Gasteiger partial charge in [-0.1, -0.05) is 18.5 Å². The third-order valence-corrected chi connectivity index (χ3v) is 3.45. The molecule has 3 heteroatoms. The molecule has 0 radical (unpaired) electrons. The Labute approximate surface area is 102 Å². The second-order valence-corrected chi connectivity index (χ2v) is 5.09. The van der Waals surface area contributed by atoms with Gasteiger partial charge >= 0.3 is 0 Å². The van der Waals surface area contributed by atoms with E-state index in [2.05, 4.69) is 6.92 Å². The van der Waals surface area contributed by atoms with Crippen LogP contribution >= 0.6 is 11.6 Å². The number of aryl methyl sites for hydroxylation is 1. The summed E-state index contributed by atoms with van der Waals surface area (Å²) < 4.78 is 5.48. The van der Waals surface area contributed by atoms with Gasteiger partial charge in [-0.05, 0) is 48.9 Å². The third kappa shape index (κ3) is 2.33. The Kier molecular flexibility index (Phi) is 3.13. The lowest BCUT2D eigenvalue weighted by atomic mass is 10.00. The van der Waals surface area contributed by atoms with E-state index in [1.165, 1.54) is 0 Å². The molecule has 16 heavy (non-hydrogen) atoms. The van der Waals surface area contributed by atoms with Crippen LogP contribution in [0.1, 0.15) is 30.9 Å². The molecule has 0 heterocycles. The zero-order chi connectivity index (χ0) is 11.8. The molecule has 1 aromatic carbocycles. The highest BCUT2D eigenvalue weighted by molar-refractivity contribution is 6.30. The summed E-state index contributed by atoms with van der Waals surface area (Å²) in [5.74, 6) is 0.962. The van der Waals surface area contributed by atoms with Crippen LogP contribution in [0.25, 0.3) is 0 Å². The predicted octanol–water partition coefficient (Wildman–Crippen LogP) is 2.94. The van der Waals surface area contributed by atoms with Crippen molar-refractivity contribution in [2.24, 2.45) is 5.73 Å². The fourth-order valence-electron chi connectivity index (χ4n) is 2.08. The first-order valence-electron chi connectivity index (χ1n) is 5.72. The number of ether oxygens (including phenoxy) is 1. The molecule has 2 rings (SSSR count). The Bertz CT molecular complexity index is 399. The van der Waals surface area contributed by atoms with E-state index >= 15 is 0 Å². The lowest BCUT2D eigenvalue weighted by Gasteiger charge is -2.16. The van der Waals surface area contributed by atoms with Crippen molar-refractivity contribution in [3.05, 3.63) is 28.3 Å². The summed E-state index contributed by atoms with van der Waals surface area (Å²) >= 11 is 6.11. The zero-order valence-corrected chi connectivity index (χ0v) is 10.6. The van der Waals surface area contributed by atoms with Crippen LogP contribution in [-0.2, 0) is 12.8 Å². The first-order chi connectivity index (χ1) is 7.58. The maximum Gasteiger partial charge on any atom is 0.125 e. The van der Waals surface area contributed by atoms with Crippen LogP contribution in [0.15, 0.2) is 12.1 Å². The average molecular weight is 240 g/mol. The topological polar surface area (TPSA) is 35.2 Å². The number of hydrogen-bond donors (Lipinski definition) is 1. The van der Waals surface area contributed by atoms with Gasteiger partial charge in [0.25, 0.3) is 0 Å². The Morgan fingerprint density at radius 1 is 1.38 bits per heavy atom. The third-order valence-electron chi connectivity index (χ3n) is 3.23. The number of nitrogens with two attached hydrogens (primary N) is 1. The van der Waals surface area contributed by atoms with Crippen LogP contribution in [0.2, 0.25) is 5.02 Å². The zero-order valence-electron chi connectivity index (χ0n) is 9.85. The van der Waals surface area contributed by atoms with Gasteiger partial charge in [-0.3, -0.25) is 0 Å². The monoisotopic (exact) mass is 239 g/mol. The van der Waals surface area contributed by atoms with E-state index < -0.39 is 0 Å². The van der Waals surface area contributed by atoms with E-state index in [4.69, 9.17) is 22.1 Å². The highest BCUT2D eigenvalue weighted by Crippen LogP contribution is 2.39. The summed E-state index contributed by atoms with van der Waals surface area (Å²) in [6, 6.07) is 3.95. The maximum absolute atomic E-state index is 6.15. The normalized spacial score (nSPS) is 17.2. The van der Waals surface area contributed by atoms with Crippen molar-refractivity contribution in [3.8, 4) is 5.75 Å². The maximum atomic E-state index is 6.15. The molecule has 1 aromatic rings. The number of methoxy groups -OCH3 is 1. The lowest BCUT2D eigenvalue weighted by Crippen LogP contribution is -2.24. The fourth-order valence-corrected chi connectivity index (χ4v) is 2.35. The molecule has 1 fully saturated rings. The minimum atomic E-state index is -0.0109. The predicted molar refractivity (Wildman–Crippen MR) is 67.2 cm³/mol. The summed E-state index contributed by atoms with van der Waals surface area (Å²) in [7, 11) is 1.71. The molecule has 2 nitrogen and oxygen atoms in total. The van der Waals surface area contributed by atoms with E-state index in [0.717, 1.165) is 47.6 Å². The van der Waals surface area contributed by atoms with E-state index in [1.807, 2.05) is 12.1 Å². The van der Waals surface area contributed by atoms with E-state index in [-0.39, 0.29) is 5.54 Å². The van der Waals surface area contributed by atoms with Gasteiger partial charge in [-0.2, -0.15) is 0 Å². The van der Waals surface area contributed by atoms with E-state index in [0.29, 0.717) is 0 Å². The molecule has 88 valence electrons. The van der Waals surface area contributed by atoms with Gasteiger partial charge in [-0.15, -0.1) is 0 Å². The van der Waals surface area contributed by atoms with Crippen molar-refractivity contribution in [1.82, 2.24) is 0 Å². The molecule has 0 spiro atoms. The second-order valence-electron chi connectivity index (χ2n) is 4.65. The molecule has 1 aliphatic rings. The molecular formula is C13H18ClNO. The van der Waals surface area contributed by atoms with E-state index in [9.17, 15) is 0 Å². The summed E-state index contributed by atoms with van der Waals surface area (Å²) in [6.45, 7) is 2.10. The molecule has 0 saturated heterocycles. The van der Waals surface area contributed by atoms with Crippen LogP contribution in [-0.4, -0.2) is 12.6 Å². The second kappa shape index (κ2) is 4.27. The van der Waals surface area contributed by atoms with Crippen LogP contribution in [0.3, 0.4) is 0 Å². The molecule has 0 atom stereocenters. The first-order valence-corrected chi connectivity index (χ1v) is 6.10. The molecule has 0 unspecified atom stereocenters. The molecule has 2 N–H and O–H groups in total. The van der Waals surface area contributed by atoms with Crippen molar-refractivity contribution in [1.29, 1.82) is 0 Å². The van der Waals surface area contributed by atoms with Crippen LogP contribution in [0.5, 0.6) is 5.75 Å². The number of halogens is 1. The number of rotatable bonds is 4. The summed E-state index contributed by atoms with van der Waals surface area (Å²) in [5, 5.41) is 0.775. The van der Waals surface area contributed by atoms with Gasteiger partial charge in [0.1, 0.15) is 5.75 Å². The molecule has 1 saturated carbocycles.